The Labute approximate surface area is 127 Å². The first-order chi connectivity index (χ1) is 9.38. The second-order valence-corrected chi connectivity index (χ2v) is 5.44. The SMILES string of the molecule is Cc1cc(C)c(NC(=O)c2ccc(Cl)c(Cl)c2)c(N)c1. The summed E-state index contributed by atoms with van der Waals surface area (Å²) in [6.07, 6.45) is 0. The number of halogens is 2. The van der Waals surface area contributed by atoms with Crippen molar-refractivity contribution in [1.82, 2.24) is 0 Å². The first kappa shape index (κ1) is 14.7. The van der Waals surface area contributed by atoms with Crippen LogP contribution in [0, 0.1) is 13.8 Å². The number of carbonyl (C=O) groups excluding carboxylic acids is 1. The van der Waals surface area contributed by atoms with Crippen molar-refractivity contribution in [3.05, 3.63) is 57.1 Å². The molecule has 0 saturated carbocycles. The van der Waals surface area contributed by atoms with Gasteiger partial charge in [-0.15, -0.1) is 0 Å². The van der Waals surface area contributed by atoms with Gasteiger partial charge in [0.2, 0.25) is 0 Å². The van der Waals surface area contributed by atoms with Gasteiger partial charge in [0.05, 0.1) is 21.4 Å². The average Bonchev–Trinajstić information content (AvgIpc) is 2.36. The molecule has 0 aliphatic carbocycles. The maximum Gasteiger partial charge on any atom is 0.255 e. The summed E-state index contributed by atoms with van der Waals surface area (Å²) >= 11 is 11.7. The minimum atomic E-state index is -0.276. The van der Waals surface area contributed by atoms with Gasteiger partial charge in [0.1, 0.15) is 0 Å². The number of benzene rings is 2. The summed E-state index contributed by atoms with van der Waals surface area (Å²) in [6, 6.07) is 8.50. The quantitative estimate of drug-likeness (QED) is 0.806. The molecule has 2 aromatic rings. The Kier molecular flexibility index (Phi) is 4.21. The Morgan fingerprint density at radius 1 is 1.10 bits per heavy atom. The summed E-state index contributed by atoms with van der Waals surface area (Å²) < 4.78 is 0. The highest BCUT2D eigenvalue weighted by atomic mass is 35.5. The van der Waals surface area contributed by atoms with Crippen molar-refractivity contribution in [1.29, 1.82) is 0 Å². The number of rotatable bonds is 2. The molecule has 3 N–H and O–H groups in total. The van der Waals surface area contributed by atoms with Crippen LogP contribution in [0.25, 0.3) is 0 Å². The highest BCUT2D eigenvalue weighted by molar-refractivity contribution is 6.42. The highest BCUT2D eigenvalue weighted by Gasteiger charge is 2.12. The van der Waals surface area contributed by atoms with E-state index in [0.717, 1.165) is 11.1 Å². The monoisotopic (exact) mass is 308 g/mol. The number of nitrogens with two attached hydrogens (primary N) is 1. The largest absolute Gasteiger partial charge is 0.397 e. The van der Waals surface area contributed by atoms with Crippen molar-refractivity contribution in [2.24, 2.45) is 0 Å². The summed E-state index contributed by atoms with van der Waals surface area (Å²) in [4.78, 5) is 12.2. The Hall–Kier alpha value is -1.71. The molecule has 0 aromatic heterocycles. The van der Waals surface area contributed by atoms with Gasteiger partial charge in [-0.05, 0) is 49.2 Å². The molecular formula is C15H14Cl2N2O. The number of hydrogen-bond donors (Lipinski definition) is 2. The van der Waals surface area contributed by atoms with E-state index in [-0.39, 0.29) is 5.91 Å². The van der Waals surface area contributed by atoms with Crippen LogP contribution in [0.3, 0.4) is 0 Å². The van der Waals surface area contributed by atoms with Crippen molar-refractivity contribution < 1.29 is 4.79 Å². The van der Waals surface area contributed by atoms with Crippen molar-refractivity contribution in [2.45, 2.75) is 13.8 Å². The molecule has 0 fully saturated rings. The van der Waals surface area contributed by atoms with E-state index in [9.17, 15) is 4.79 Å². The maximum absolute atomic E-state index is 12.2. The lowest BCUT2D eigenvalue weighted by Gasteiger charge is -2.12. The number of hydrogen-bond acceptors (Lipinski definition) is 2. The minimum Gasteiger partial charge on any atom is -0.397 e. The molecule has 2 aromatic carbocycles. The zero-order valence-electron chi connectivity index (χ0n) is 11.1. The maximum atomic E-state index is 12.2. The van der Waals surface area contributed by atoms with Crippen molar-refractivity contribution in [2.75, 3.05) is 11.1 Å². The molecule has 3 nitrogen and oxygen atoms in total. The molecule has 0 atom stereocenters. The van der Waals surface area contributed by atoms with Crippen LogP contribution >= 0.6 is 23.2 Å². The Bertz CT molecular complexity index is 661. The van der Waals surface area contributed by atoms with Gasteiger partial charge < -0.3 is 11.1 Å². The molecule has 2 rings (SSSR count). The van der Waals surface area contributed by atoms with Crippen LogP contribution in [-0.4, -0.2) is 5.91 Å². The van der Waals surface area contributed by atoms with Crippen LogP contribution in [-0.2, 0) is 0 Å². The lowest BCUT2D eigenvalue weighted by Crippen LogP contribution is -2.14. The third kappa shape index (κ3) is 3.06. The van der Waals surface area contributed by atoms with Crippen molar-refractivity contribution in [3.8, 4) is 0 Å². The topological polar surface area (TPSA) is 55.1 Å². The van der Waals surface area contributed by atoms with Crippen LogP contribution in [0.1, 0.15) is 21.5 Å². The molecule has 0 aliphatic heterocycles. The number of nitrogens with one attached hydrogen (secondary N) is 1. The number of anilines is 2. The Morgan fingerprint density at radius 2 is 1.80 bits per heavy atom. The number of aryl methyl sites for hydroxylation is 2. The number of amides is 1. The van der Waals surface area contributed by atoms with Crippen LogP contribution < -0.4 is 11.1 Å². The fourth-order valence-electron chi connectivity index (χ4n) is 1.99. The normalized spacial score (nSPS) is 10.4. The first-order valence-corrected chi connectivity index (χ1v) is 6.77. The lowest BCUT2D eigenvalue weighted by atomic mass is 10.1. The zero-order chi connectivity index (χ0) is 14.9. The molecular weight excluding hydrogens is 295 g/mol. The van der Waals surface area contributed by atoms with Crippen LogP contribution in [0.2, 0.25) is 10.0 Å². The van der Waals surface area contributed by atoms with E-state index in [1.807, 2.05) is 26.0 Å². The molecule has 20 heavy (non-hydrogen) atoms. The Balaban J connectivity index is 2.30. The molecule has 104 valence electrons. The second-order valence-electron chi connectivity index (χ2n) is 4.63. The van der Waals surface area contributed by atoms with E-state index in [2.05, 4.69) is 5.32 Å². The van der Waals surface area contributed by atoms with Crippen molar-refractivity contribution in [3.63, 3.8) is 0 Å². The molecule has 0 saturated heterocycles. The first-order valence-electron chi connectivity index (χ1n) is 6.01. The molecule has 0 heterocycles. The average molecular weight is 309 g/mol. The fraction of sp³-hybridized carbons (Fsp3) is 0.133. The van der Waals surface area contributed by atoms with Gasteiger partial charge in [0, 0.05) is 5.56 Å². The molecule has 0 bridgehead atoms. The summed E-state index contributed by atoms with van der Waals surface area (Å²) in [5.74, 6) is -0.276. The molecule has 0 aliphatic rings. The Morgan fingerprint density at radius 3 is 2.40 bits per heavy atom. The predicted molar refractivity (Wildman–Crippen MR) is 84.7 cm³/mol. The van der Waals surface area contributed by atoms with Gasteiger partial charge in [-0.1, -0.05) is 29.3 Å². The summed E-state index contributed by atoms with van der Waals surface area (Å²) in [5.41, 5.74) is 9.49. The van der Waals surface area contributed by atoms with E-state index in [1.54, 1.807) is 12.1 Å². The minimum absolute atomic E-state index is 0.276. The lowest BCUT2D eigenvalue weighted by molar-refractivity contribution is 0.102. The smallest absolute Gasteiger partial charge is 0.255 e. The number of carbonyl (C=O) groups is 1. The van der Waals surface area contributed by atoms with Gasteiger partial charge in [-0.2, -0.15) is 0 Å². The second kappa shape index (κ2) is 5.73. The van der Waals surface area contributed by atoms with Gasteiger partial charge >= 0.3 is 0 Å². The zero-order valence-corrected chi connectivity index (χ0v) is 12.6. The fourth-order valence-corrected chi connectivity index (χ4v) is 2.29. The summed E-state index contributed by atoms with van der Waals surface area (Å²) in [6.45, 7) is 3.85. The molecule has 1 amide bonds. The van der Waals surface area contributed by atoms with Crippen molar-refractivity contribution >= 4 is 40.5 Å². The molecule has 5 heteroatoms. The van der Waals surface area contributed by atoms with Crippen LogP contribution in [0.4, 0.5) is 11.4 Å². The van der Waals surface area contributed by atoms with Gasteiger partial charge in [0.25, 0.3) is 5.91 Å². The summed E-state index contributed by atoms with van der Waals surface area (Å²) in [7, 11) is 0. The number of nitrogen functional groups attached to an aromatic ring is 1. The van der Waals surface area contributed by atoms with E-state index in [1.165, 1.54) is 6.07 Å². The molecule has 0 unspecified atom stereocenters. The molecule has 0 radical (unpaired) electrons. The van der Waals surface area contributed by atoms with E-state index >= 15 is 0 Å². The van der Waals surface area contributed by atoms with E-state index in [4.69, 9.17) is 28.9 Å². The summed E-state index contributed by atoms with van der Waals surface area (Å²) in [5, 5.41) is 3.56. The standard InChI is InChI=1S/C15H14Cl2N2O/c1-8-5-9(2)14(13(18)6-8)19-15(20)10-3-4-11(16)12(17)7-10/h3-7H,18H2,1-2H3,(H,19,20). The highest BCUT2D eigenvalue weighted by Crippen LogP contribution is 2.27. The van der Waals surface area contributed by atoms with Crippen LogP contribution in [0.5, 0.6) is 0 Å². The molecule has 0 spiro atoms. The van der Waals surface area contributed by atoms with Gasteiger partial charge in [-0.25, -0.2) is 0 Å². The predicted octanol–water partition coefficient (Wildman–Crippen LogP) is 4.44. The third-order valence-electron chi connectivity index (χ3n) is 2.93. The van der Waals surface area contributed by atoms with E-state index in [0.29, 0.717) is 27.0 Å². The van der Waals surface area contributed by atoms with Gasteiger partial charge in [0.15, 0.2) is 0 Å². The van der Waals surface area contributed by atoms with Gasteiger partial charge in [-0.3, -0.25) is 4.79 Å². The van der Waals surface area contributed by atoms with Crippen LogP contribution in [0.15, 0.2) is 30.3 Å². The van der Waals surface area contributed by atoms with E-state index < -0.39 is 0 Å². The third-order valence-corrected chi connectivity index (χ3v) is 3.67.